The average molecular weight is 265 g/mol. The number of rotatable bonds is 3. The van der Waals surface area contributed by atoms with Crippen LogP contribution in [0.1, 0.15) is 73.1 Å². The predicted molar refractivity (Wildman–Crippen MR) is 84.4 cm³/mol. The van der Waals surface area contributed by atoms with E-state index in [0.29, 0.717) is 16.2 Å². The van der Waals surface area contributed by atoms with Crippen molar-refractivity contribution in [3.8, 4) is 0 Å². The van der Waals surface area contributed by atoms with Gasteiger partial charge in [0.15, 0.2) is 0 Å². The Hall–Kier alpha value is -0.0400. The van der Waals surface area contributed by atoms with Crippen molar-refractivity contribution in [3.05, 3.63) is 0 Å². The molecule has 1 heteroatoms. The Morgan fingerprint density at radius 2 is 1.63 bits per heavy atom. The molecular formula is C18H35N. The minimum atomic E-state index is 0.467. The van der Waals surface area contributed by atoms with Gasteiger partial charge in [0.25, 0.3) is 0 Å². The molecule has 0 unspecified atom stereocenters. The lowest BCUT2D eigenvalue weighted by molar-refractivity contribution is -0.00685. The van der Waals surface area contributed by atoms with Gasteiger partial charge >= 0.3 is 0 Å². The standard InChI is InChI=1S/C18H35N/c1-7-16(2,3)17(4,5)15-8-10-18(11-9-15)12-13-19(6)14-18/h15H,7-14H2,1-6H3. The van der Waals surface area contributed by atoms with Gasteiger partial charge in [-0.05, 0) is 67.9 Å². The van der Waals surface area contributed by atoms with Crippen LogP contribution in [0.5, 0.6) is 0 Å². The third-order valence-corrected chi connectivity index (χ3v) is 7.32. The van der Waals surface area contributed by atoms with Crippen LogP contribution >= 0.6 is 0 Å². The van der Waals surface area contributed by atoms with Crippen LogP contribution in [0.25, 0.3) is 0 Å². The highest BCUT2D eigenvalue weighted by atomic mass is 15.1. The number of hydrogen-bond donors (Lipinski definition) is 0. The Morgan fingerprint density at radius 1 is 1.05 bits per heavy atom. The summed E-state index contributed by atoms with van der Waals surface area (Å²) in [7, 11) is 2.30. The summed E-state index contributed by atoms with van der Waals surface area (Å²) in [4.78, 5) is 2.54. The van der Waals surface area contributed by atoms with Gasteiger partial charge in [0.05, 0.1) is 0 Å². The molecule has 0 bridgehead atoms. The van der Waals surface area contributed by atoms with Crippen LogP contribution in [0, 0.1) is 22.2 Å². The molecule has 1 aliphatic carbocycles. The summed E-state index contributed by atoms with van der Waals surface area (Å²) < 4.78 is 0. The van der Waals surface area contributed by atoms with Crippen LogP contribution in [0.15, 0.2) is 0 Å². The quantitative estimate of drug-likeness (QED) is 0.697. The largest absolute Gasteiger partial charge is 0.306 e. The molecule has 0 N–H and O–H groups in total. The Labute approximate surface area is 121 Å². The summed E-state index contributed by atoms with van der Waals surface area (Å²) in [6, 6.07) is 0. The van der Waals surface area contributed by atoms with E-state index in [9.17, 15) is 0 Å². The first-order valence-corrected chi connectivity index (χ1v) is 8.41. The smallest absolute Gasteiger partial charge is 0.00354 e. The lowest BCUT2D eigenvalue weighted by Gasteiger charge is -2.51. The Bertz CT molecular complexity index is 308. The zero-order chi connectivity index (χ0) is 14.3. The topological polar surface area (TPSA) is 3.24 Å². The van der Waals surface area contributed by atoms with Crippen molar-refractivity contribution in [1.82, 2.24) is 4.90 Å². The second-order valence-electron chi connectivity index (χ2n) is 8.72. The Kier molecular flexibility index (Phi) is 4.09. The molecule has 0 atom stereocenters. The van der Waals surface area contributed by atoms with Gasteiger partial charge in [-0.2, -0.15) is 0 Å². The zero-order valence-corrected chi connectivity index (χ0v) is 14.2. The van der Waals surface area contributed by atoms with E-state index < -0.39 is 0 Å². The van der Waals surface area contributed by atoms with E-state index in [1.165, 1.54) is 51.6 Å². The van der Waals surface area contributed by atoms with Crippen molar-refractivity contribution in [3.63, 3.8) is 0 Å². The molecule has 2 aliphatic rings. The van der Waals surface area contributed by atoms with Crippen molar-refractivity contribution >= 4 is 0 Å². The van der Waals surface area contributed by atoms with Crippen molar-refractivity contribution in [2.75, 3.05) is 20.1 Å². The predicted octanol–water partition coefficient (Wildman–Crippen LogP) is 4.96. The average Bonchev–Trinajstić information content (AvgIpc) is 2.71. The summed E-state index contributed by atoms with van der Waals surface area (Å²) in [6.07, 6.45) is 8.63. The molecule has 112 valence electrons. The van der Waals surface area contributed by atoms with Crippen molar-refractivity contribution in [2.24, 2.45) is 22.2 Å². The molecule has 0 radical (unpaired) electrons. The van der Waals surface area contributed by atoms with Crippen molar-refractivity contribution in [1.29, 1.82) is 0 Å². The van der Waals surface area contributed by atoms with Crippen LogP contribution in [0.2, 0.25) is 0 Å². The molecule has 1 nitrogen and oxygen atoms in total. The summed E-state index contributed by atoms with van der Waals surface area (Å²) in [6.45, 7) is 15.0. The number of hydrogen-bond acceptors (Lipinski definition) is 1. The molecule has 2 rings (SSSR count). The zero-order valence-electron chi connectivity index (χ0n) is 14.2. The van der Waals surface area contributed by atoms with Gasteiger partial charge in [-0.15, -0.1) is 0 Å². The maximum atomic E-state index is 2.54. The van der Waals surface area contributed by atoms with Crippen LogP contribution < -0.4 is 0 Å². The molecule has 1 aliphatic heterocycles. The molecule has 1 spiro atoms. The Balaban J connectivity index is 2.00. The molecule has 0 amide bonds. The van der Waals surface area contributed by atoms with E-state index >= 15 is 0 Å². The van der Waals surface area contributed by atoms with E-state index in [1.807, 2.05) is 0 Å². The molecule has 1 saturated carbocycles. The number of likely N-dealkylation sites (tertiary alicyclic amines) is 1. The maximum Gasteiger partial charge on any atom is 0.00354 e. The van der Waals surface area contributed by atoms with Gasteiger partial charge in [0.1, 0.15) is 0 Å². The van der Waals surface area contributed by atoms with Crippen LogP contribution in [-0.4, -0.2) is 25.0 Å². The van der Waals surface area contributed by atoms with E-state index in [0.717, 1.165) is 5.92 Å². The summed E-state index contributed by atoms with van der Waals surface area (Å²) in [5.41, 5.74) is 1.64. The van der Waals surface area contributed by atoms with Gasteiger partial charge in [-0.25, -0.2) is 0 Å². The third kappa shape index (κ3) is 2.73. The van der Waals surface area contributed by atoms with Crippen LogP contribution in [0.3, 0.4) is 0 Å². The molecule has 0 aromatic heterocycles. The summed E-state index contributed by atoms with van der Waals surface area (Å²) in [5, 5.41) is 0. The van der Waals surface area contributed by atoms with E-state index in [2.05, 4.69) is 46.6 Å². The summed E-state index contributed by atoms with van der Waals surface area (Å²) in [5.74, 6) is 0.930. The van der Waals surface area contributed by atoms with Crippen LogP contribution in [-0.2, 0) is 0 Å². The highest BCUT2D eigenvalue weighted by molar-refractivity contribution is 4.98. The molecule has 1 saturated heterocycles. The minimum Gasteiger partial charge on any atom is -0.306 e. The molecule has 1 heterocycles. The van der Waals surface area contributed by atoms with Gasteiger partial charge in [-0.3, -0.25) is 0 Å². The van der Waals surface area contributed by atoms with Crippen molar-refractivity contribution in [2.45, 2.75) is 73.1 Å². The molecule has 19 heavy (non-hydrogen) atoms. The third-order valence-electron chi connectivity index (χ3n) is 7.32. The minimum absolute atomic E-state index is 0.467. The maximum absolute atomic E-state index is 2.54. The van der Waals surface area contributed by atoms with Gasteiger partial charge < -0.3 is 4.90 Å². The highest BCUT2D eigenvalue weighted by Gasteiger charge is 2.47. The normalized spacial score (nSPS) is 34.1. The summed E-state index contributed by atoms with van der Waals surface area (Å²) >= 11 is 0. The van der Waals surface area contributed by atoms with Crippen molar-refractivity contribution < 1.29 is 0 Å². The highest BCUT2D eigenvalue weighted by Crippen LogP contribution is 2.55. The second-order valence-corrected chi connectivity index (χ2v) is 8.72. The Morgan fingerprint density at radius 3 is 2.05 bits per heavy atom. The van der Waals surface area contributed by atoms with E-state index in [-0.39, 0.29) is 0 Å². The van der Waals surface area contributed by atoms with Gasteiger partial charge in [0.2, 0.25) is 0 Å². The fourth-order valence-electron chi connectivity index (χ4n) is 4.53. The first-order valence-electron chi connectivity index (χ1n) is 8.41. The number of nitrogens with zero attached hydrogens (tertiary/aromatic N) is 1. The SMILES string of the molecule is CCC(C)(C)C(C)(C)C1CCC2(CC1)CCN(C)C2. The van der Waals surface area contributed by atoms with Crippen LogP contribution in [0.4, 0.5) is 0 Å². The first kappa shape index (κ1) is 15.4. The fraction of sp³-hybridized carbons (Fsp3) is 1.00. The van der Waals surface area contributed by atoms with Gasteiger partial charge in [0, 0.05) is 6.54 Å². The lowest BCUT2D eigenvalue weighted by atomic mass is 9.54. The molecule has 0 aromatic rings. The van der Waals surface area contributed by atoms with E-state index in [1.54, 1.807) is 0 Å². The first-order chi connectivity index (χ1) is 8.72. The molecule has 2 fully saturated rings. The van der Waals surface area contributed by atoms with Gasteiger partial charge in [-0.1, -0.05) is 41.0 Å². The fourth-order valence-corrected chi connectivity index (χ4v) is 4.53. The molecular weight excluding hydrogens is 230 g/mol. The monoisotopic (exact) mass is 265 g/mol. The lowest BCUT2D eigenvalue weighted by Crippen LogP contribution is -2.42. The van der Waals surface area contributed by atoms with E-state index in [4.69, 9.17) is 0 Å². The molecule has 0 aromatic carbocycles. The second kappa shape index (κ2) is 5.06.